The van der Waals surface area contributed by atoms with Crippen molar-refractivity contribution in [1.82, 2.24) is 9.80 Å². The first kappa shape index (κ1) is 28.3. The largest absolute Gasteiger partial charge is 0.482 e. The lowest BCUT2D eigenvalue weighted by molar-refractivity contribution is -0.157. The van der Waals surface area contributed by atoms with E-state index in [1.54, 1.807) is 0 Å². The van der Waals surface area contributed by atoms with Gasteiger partial charge in [0.05, 0.1) is 0 Å². The average Bonchev–Trinajstić information content (AvgIpc) is 2.81. The number of carbonyl (C=O) groups excluding carboxylic acids is 2. The summed E-state index contributed by atoms with van der Waals surface area (Å²) in [6.07, 6.45) is 6.52. The second kappa shape index (κ2) is 11.8. The van der Waals surface area contributed by atoms with Crippen molar-refractivity contribution in [3.63, 3.8) is 0 Å². The highest BCUT2D eigenvalue weighted by Crippen LogP contribution is 2.36. The van der Waals surface area contributed by atoms with Crippen LogP contribution in [0.2, 0.25) is 0 Å². The lowest BCUT2D eigenvalue weighted by Crippen LogP contribution is -2.50. The number of hydrogen-bond acceptors (Lipinski definition) is 6. The lowest BCUT2D eigenvalue weighted by Gasteiger charge is -2.42. The maximum Gasteiger partial charge on any atom is 0.410 e. The molecular formula is C29H46N2O5. The SMILES string of the molecule is CN(C1CCN(C(=O)OC(C)(C)C)CC1)[C@H]1CC[C@H](c2ccc(OCC(=O)OC(C)(C)C)cc2)CC1. The Balaban J connectivity index is 1.41. The molecule has 1 aromatic carbocycles. The summed E-state index contributed by atoms with van der Waals surface area (Å²) in [7, 11) is 2.26. The molecule has 1 saturated heterocycles. The predicted octanol–water partition coefficient (Wildman–Crippen LogP) is 5.76. The van der Waals surface area contributed by atoms with Crippen molar-refractivity contribution in [1.29, 1.82) is 0 Å². The molecule has 1 heterocycles. The van der Waals surface area contributed by atoms with Crippen LogP contribution in [0.15, 0.2) is 24.3 Å². The first-order valence-corrected chi connectivity index (χ1v) is 13.5. The Morgan fingerprint density at radius 2 is 1.36 bits per heavy atom. The standard InChI is InChI=1S/C29H46N2O5/c1-28(2,3)35-26(32)20-34-25-14-10-22(11-15-25)21-8-12-23(13-9-21)30(7)24-16-18-31(19-17-24)27(33)36-29(4,5)6/h10-11,14-15,21,23-24H,8-9,12-13,16-20H2,1-7H3/t21-,23-. The summed E-state index contributed by atoms with van der Waals surface area (Å²) >= 11 is 0. The minimum Gasteiger partial charge on any atom is -0.482 e. The molecule has 3 rings (SSSR count). The molecule has 0 spiro atoms. The third kappa shape index (κ3) is 8.68. The Kier molecular flexibility index (Phi) is 9.31. The van der Waals surface area contributed by atoms with Gasteiger partial charge < -0.3 is 24.0 Å². The number of carbonyl (C=O) groups is 2. The van der Waals surface area contributed by atoms with Gasteiger partial charge in [0.25, 0.3) is 0 Å². The minimum absolute atomic E-state index is 0.0786. The van der Waals surface area contributed by atoms with Gasteiger partial charge in [-0.25, -0.2) is 9.59 Å². The van der Waals surface area contributed by atoms with Gasteiger partial charge in [-0.2, -0.15) is 0 Å². The van der Waals surface area contributed by atoms with Gasteiger partial charge in [0, 0.05) is 25.2 Å². The number of ether oxygens (including phenoxy) is 3. The molecule has 1 saturated carbocycles. The summed E-state index contributed by atoms with van der Waals surface area (Å²) in [5.41, 5.74) is 0.386. The quantitative estimate of drug-likeness (QED) is 0.461. The molecule has 1 aromatic rings. The first-order valence-electron chi connectivity index (χ1n) is 13.5. The molecule has 1 aliphatic carbocycles. The molecular weight excluding hydrogens is 456 g/mol. The van der Waals surface area contributed by atoms with Gasteiger partial charge in [-0.1, -0.05) is 12.1 Å². The zero-order valence-corrected chi connectivity index (χ0v) is 23.3. The Morgan fingerprint density at radius 3 is 1.89 bits per heavy atom. The summed E-state index contributed by atoms with van der Waals surface area (Å²) in [5, 5.41) is 0. The second-order valence-corrected chi connectivity index (χ2v) is 12.3. The Morgan fingerprint density at radius 1 is 0.833 bits per heavy atom. The summed E-state index contributed by atoms with van der Waals surface area (Å²) in [5.74, 6) is 0.892. The van der Waals surface area contributed by atoms with Gasteiger partial charge >= 0.3 is 12.1 Å². The fourth-order valence-electron chi connectivity index (χ4n) is 5.25. The third-order valence-corrected chi connectivity index (χ3v) is 7.09. The minimum atomic E-state index is -0.505. The van der Waals surface area contributed by atoms with Crippen LogP contribution in [0.1, 0.15) is 91.5 Å². The fraction of sp³-hybridized carbons (Fsp3) is 0.724. The highest BCUT2D eigenvalue weighted by atomic mass is 16.6. The van der Waals surface area contributed by atoms with E-state index in [0.29, 0.717) is 23.8 Å². The molecule has 0 unspecified atom stereocenters. The van der Waals surface area contributed by atoms with E-state index in [4.69, 9.17) is 14.2 Å². The van der Waals surface area contributed by atoms with E-state index in [9.17, 15) is 9.59 Å². The molecule has 0 aromatic heterocycles. The Hall–Kier alpha value is -2.28. The highest BCUT2D eigenvalue weighted by Gasteiger charge is 2.32. The van der Waals surface area contributed by atoms with Crippen LogP contribution in [0, 0.1) is 0 Å². The molecule has 7 heteroatoms. The average molecular weight is 503 g/mol. The van der Waals surface area contributed by atoms with E-state index in [-0.39, 0.29) is 18.7 Å². The maximum absolute atomic E-state index is 12.4. The van der Waals surface area contributed by atoms with Gasteiger partial charge in [-0.15, -0.1) is 0 Å². The number of likely N-dealkylation sites (tertiary alicyclic amines) is 1. The third-order valence-electron chi connectivity index (χ3n) is 7.09. The highest BCUT2D eigenvalue weighted by molar-refractivity contribution is 5.71. The predicted molar refractivity (Wildman–Crippen MR) is 141 cm³/mol. The van der Waals surface area contributed by atoms with E-state index in [1.165, 1.54) is 31.2 Å². The second-order valence-electron chi connectivity index (χ2n) is 12.3. The molecule has 2 aliphatic rings. The summed E-state index contributed by atoms with van der Waals surface area (Å²) < 4.78 is 16.4. The van der Waals surface area contributed by atoms with E-state index in [0.717, 1.165) is 25.9 Å². The van der Waals surface area contributed by atoms with E-state index >= 15 is 0 Å². The van der Waals surface area contributed by atoms with Crippen molar-refractivity contribution in [2.24, 2.45) is 0 Å². The van der Waals surface area contributed by atoms with Crippen LogP contribution in [0.3, 0.4) is 0 Å². The molecule has 202 valence electrons. The van der Waals surface area contributed by atoms with Crippen LogP contribution in [0.4, 0.5) is 4.79 Å². The number of nitrogens with zero attached hydrogens (tertiary/aromatic N) is 2. The molecule has 2 fully saturated rings. The van der Waals surface area contributed by atoms with Crippen LogP contribution in [-0.2, 0) is 14.3 Å². The van der Waals surface area contributed by atoms with E-state index in [1.807, 2.05) is 58.6 Å². The zero-order valence-electron chi connectivity index (χ0n) is 23.3. The van der Waals surface area contributed by atoms with Crippen molar-refractivity contribution < 1.29 is 23.8 Å². The maximum atomic E-state index is 12.4. The summed E-state index contributed by atoms with van der Waals surface area (Å²) in [6, 6.07) is 9.28. The molecule has 1 amide bonds. The zero-order chi connectivity index (χ0) is 26.5. The summed E-state index contributed by atoms with van der Waals surface area (Å²) in [4.78, 5) is 28.6. The van der Waals surface area contributed by atoms with Gasteiger partial charge in [-0.3, -0.25) is 0 Å². The van der Waals surface area contributed by atoms with E-state index < -0.39 is 11.2 Å². The monoisotopic (exact) mass is 502 g/mol. The number of hydrogen-bond donors (Lipinski definition) is 0. The van der Waals surface area contributed by atoms with Crippen LogP contribution < -0.4 is 4.74 Å². The number of piperidine rings is 1. The molecule has 0 bridgehead atoms. The molecule has 1 aliphatic heterocycles. The number of esters is 1. The smallest absolute Gasteiger partial charge is 0.410 e. The van der Waals surface area contributed by atoms with Crippen molar-refractivity contribution >= 4 is 12.1 Å². The normalized spacial score (nSPS) is 21.8. The van der Waals surface area contributed by atoms with Crippen molar-refractivity contribution in [3.8, 4) is 5.75 Å². The number of rotatable bonds is 6. The van der Waals surface area contributed by atoms with Crippen molar-refractivity contribution in [2.75, 3.05) is 26.7 Å². The van der Waals surface area contributed by atoms with Crippen LogP contribution in [0.25, 0.3) is 0 Å². The molecule has 0 atom stereocenters. The first-order chi connectivity index (χ1) is 16.8. The molecule has 0 radical (unpaired) electrons. The van der Waals surface area contributed by atoms with Gasteiger partial charge in [-0.05, 0) is 111 Å². The number of amides is 1. The van der Waals surface area contributed by atoms with Gasteiger partial charge in [0.2, 0.25) is 0 Å². The van der Waals surface area contributed by atoms with Gasteiger partial charge in [0.1, 0.15) is 17.0 Å². The van der Waals surface area contributed by atoms with Crippen LogP contribution in [0.5, 0.6) is 5.75 Å². The van der Waals surface area contributed by atoms with Crippen LogP contribution in [-0.4, -0.2) is 71.9 Å². The van der Waals surface area contributed by atoms with Crippen molar-refractivity contribution in [3.05, 3.63) is 29.8 Å². The van der Waals surface area contributed by atoms with Gasteiger partial charge in [0.15, 0.2) is 6.61 Å². The molecule has 36 heavy (non-hydrogen) atoms. The lowest BCUT2D eigenvalue weighted by atomic mass is 9.80. The van der Waals surface area contributed by atoms with Crippen molar-refractivity contribution in [2.45, 2.75) is 109 Å². The van der Waals surface area contributed by atoms with E-state index in [2.05, 4.69) is 24.1 Å². The molecule has 7 nitrogen and oxygen atoms in total. The Labute approximate surface area is 217 Å². The fourth-order valence-corrected chi connectivity index (χ4v) is 5.25. The topological polar surface area (TPSA) is 68.3 Å². The van der Waals surface area contributed by atoms with Crippen LogP contribution >= 0.6 is 0 Å². The Bertz CT molecular complexity index is 855. The summed E-state index contributed by atoms with van der Waals surface area (Å²) in [6.45, 7) is 12.7. The molecule has 0 N–H and O–H groups in total. The number of benzene rings is 1.